The molecule has 1 atom stereocenters. The van der Waals surface area contributed by atoms with Crippen LogP contribution in [0, 0.1) is 0 Å². The molecule has 0 unspecified atom stereocenters. The second-order valence-corrected chi connectivity index (χ2v) is 7.19. The lowest BCUT2D eigenvalue weighted by Gasteiger charge is -2.34. The van der Waals surface area contributed by atoms with Gasteiger partial charge in [-0.2, -0.15) is 0 Å². The molecule has 1 fully saturated rings. The summed E-state index contributed by atoms with van der Waals surface area (Å²) < 4.78 is 2.25. The van der Waals surface area contributed by atoms with E-state index >= 15 is 0 Å². The van der Waals surface area contributed by atoms with E-state index in [-0.39, 0.29) is 5.91 Å². The zero-order valence-electron chi connectivity index (χ0n) is 15.5. The molecule has 0 N–H and O–H groups in total. The van der Waals surface area contributed by atoms with Crippen LogP contribution in [0.5, 0.6) is 0 Å². The second-order valence-electron chi connectivity index (χ2n) is 7.19. The van der Waals surface area contributed by atoms with E-state index in [0.717, 1.165) is 37.6 Å². The molecule has 3 rings (SSSR count). The highest BCUT2D eigenvalue weighted by Crippen LogP contribution is 2.26. The number of carbonyl (C=O) groups excluding carboxylic acids is 1. The number of pyridine rings is 1. The molecular weight excluding hydrogens is 314 g/mol. The third-order valence-electron chi connectivity index (χ3n) is 4.74. The minimum Gasteiger partial charge on any atom is -0.363 e. The molecule has 0 radical (unpaired) electrons. The molecule has 0 aromatic carbocycles. The van der Waals surface area contributed by atoms with Crippen LogP contribution in [0.15, 0.2) is 30.7 Å². The highest BCUT2D eigenvalue weighted by molar-refractivity contribution is 5.95. The van der Waals surface area contributed by atoms with E-state index in [9.17, 15) is 4.79 Å². The molecule has 0 spiro atoms. The predicted octanol–water partition coefficient (Wildman–Crippen LogP) is 2.94. The van der Waals surface area contributed by atoms with Crippen LogP contribution in [-0.4, -0.2) is 52.5 Å². The van der Waals surface area contributed by atoms with Crippen LogP contribution >= 0.6 is 0 Å². The van der Waals surface area contributed by atoms with Gasteiger partial charge in [0.15, 0.2) is 0 Å². The number of hydrogen-bond acceptors (Lipinski definition) is 4. The van der Waals surface area contributed by atoms with Crippen molar-refractivity contribution in [3.63, 3.8) is 0 Å². The fraction of sp³-hybridized carbons (Fsp3) is 0.526. The molecule has 2 aromatic rings. The SMILES string of the molecule is CC(C)c1nccn1[C@@H]1CCCN(C(=O)c2ccnc(N(C)C)c2)C1. The van der Waals surface area contributed by atoms with Crippen LogP contribution in [0.1, 0.15) is 54.8 Å². The molecule has 0 bridgehead atoms. The first kappa shape index (κ1) is 17.5. The molecule has 0 saturated carbocycles. The molecule has 1 aliphatic heterocycles. The first-order chi connectivity index (χ1) is 12.0. The van der Waals surface area contributed by atoms with Crippen molar-refractivity contribution < 1.29 is 4.79 Å². The number of amides is 1. The van der Waals surface area contributed by atoms with Gasteiger partial charge in [0.2, 0.25) is 0 Å². The van der Waals surface area contributed by atoms with E-state index in [1.54, 1.807) is 12.3 Å². The van der Waals surface area contributed by atoms with Crippen molar-refractivity contribution in [1.82, 2.24) is 19.4 Å². The zero-order valence-corrected chi connectivity index (χ0v) is 15.5. The van der Waals surface area contributed by atoms with Crippen LogP contribution < -0.4 is 4.90 Å². The molecule has 2 aromatic heterocycles. The van der Waals surface area contributed by atoms with E-state index in [2.05, 4.69) is 28.4 Å². The number of rotatable bonds is 4. The van der Waals surface area contributed by atoms with Crippen molar-refractivity contribution in [1.29, 1.82) is 0 Å². The fourth-order valence-corrected chi connectivity index (χ4v) is 3.43. The van der Waals surface area contributed by atoms with Crippen molar-refractivity contribution in [3.05, 3.63) is 42.1 Å². The van der Waals surface area contributed by atoms with Crippen molar-refractivity contribution in [2.75, 3.05) is 32.1 Å². The summed E-state index contributed by atoms with van der Waals surface area (Å²) in [6.45, 7) is 5.85. The van der Waals surface area contributed by atoms with E-state index in [4.69, 9.17) is 0 Å². The molecule has 0 aliphatic carbocycles. The topological polar surface area (TPSA) is 54.3 Å². The number of imidazole rings is 1. The Kier molecular flexibility index (Phi) is 5.06. The summed E-state index contributed by atoms with van der Waals surface area (Å²) in [5.41, 5.74) is 0.703. The second kappa shape index (κ2) is 7.25. The normalized spacial score (nSPS) is 17.8. The van der Waals surface area contributed by atoms with Gasteiger partial charge >= 0.3 is 0 Å². The lowest BCUT2D eigenvalue weighted by molar-refractivity contribution is 0.0677. The molecule has 134 valence electrons. The Morgan fingerprint density at radius 2 is 2.08 bits per heavy atom. The molecule has 3 heterocycles. The monoisotopic (exact) mass is 341 g/mol. The summed E-state index contributed by atoms with van der Waals surface area (Å²) in [5.74, 6) is 2.36. The van der Waals surface area contributed by atoms with Crippen molar-refractivity contribution in [2.24, 2.45) is 0 Å². The summed E-state index contributed by atoms with van der Waals surface area (Å²) in [6.07, 6.45) is 7.71. The van der Waals surface area contributed by atoms with Gasteiger partial charge in [0.25, 0.3) is 5.91 Å². The number of hydrogen-bond donors (Lipinski definition) is 0. The van der Waals surface area contributed by atoms with Gasteiger partial charge in [-0.1, -0.05) is 13.8 Å². The van der Waals surface area contributed by atoms with Crippen LogP contribution in [0.25, 0.3) is 0 Å². The van der Waals surface area contributed by atoms with Gasteiger partial charge in [-0.3, -0.25) is 4.79 Å². The lowest BCUT2D eigenvalue weighted by Crippen LogP contribution is -2.41. The molecular formula is C19H27N5O. The van der Waals surface area contributed by atoms with Crippen LogP contribution in [-0.2, 0) is 0 Å². The summed E-state index contributed by atoms with van der Waals surface area (Å²) in [7, 11) is 3.86. The average molecular weight is 341 g/mol. The summed E-state index contributed by atoms with van der Waals surface area (Å²) >= 11 is 0. The summed E-state index contributed by atoms with van der Waals surface area (Å²) in [4.78, 5) is 25.6. The van der Waals surface area contributed by atoms with E-state index < -0.39 is 0 Å². The number of nitrogens with zero attached hydrogens (tertiary/aromatic N) is 5. The third kappa shape index (κ3) is 3.67. The van der Waals surface area contributed by atoms with Gasteiger partial charge in [0, 0.05) is 57.3 Å². The van der Waals surface area contributed by atoms with Gasteiger partial charge in [-0.25, -0.2) is 9.97 Å². The van der Waals surface area contributed by atoms with Crippen LogP contribution in [0.2, 0.25) is 0 Å². The van der Waals surface area contributed by atoms with Crippen LogP contribution in [0.4, 0.5) is 5.82 Å². The predicted molar refractivity (Wildman–Crippen MR) is 99.1 cm³/mol. The number of aromatic nitrogens is 3. The Morgan fingerprint density at radius 3 is 2.80 bits per heavy atom. The maximum atomic E-state index is 13.0. The fourth-order valence-electron chi connectivity index (χ4n) is 3.43. The molecule has 1 aliphatic rings. The number of carbonyl (C=O) groups is 1. The summed E-state index contributed by atoms with van der Waals surface area (Å²) in [5, 5.41) is 0. The van der Waals surface area contributed by atoms with Gasteiger partial charge in [-0.15, -0.1) is 0 Å². The van der Waals surface area contributed by atoms with Gasteiger partial charge < -0.3 is 14.4 Å². The van der Waals surface area contributed by atoms with E-state index in [1.807, 2.05) is 42.4 Å². The molecule has 6 heteroatoms. The van der Waals surface area contributed by atoms with Crippen molar-refractivity contribution >= 4 is 11.7 Å². The van der Waals surface area contributed by atoms with Gasteiger partial charge in [0.1, 0.15) is 11.6 Å². The molecule has 1 amide bonds. The molecule has 6 nitrogen and oxygen atoms in total. The molecule has 25 heavy (non-hydrogen) atoms. The quantitative estimate of drug-likeness (QED) is 0.858. The van der Waals surface area contributed by atoms with E-state index in [0.29, 0.717) is 17.5 Å². The third-order valence-corrected chi connectivity index (χ3v) is 4.74. The Morgan fingerprint density at radius 1 is 1.28 bits per heavy atom. The maximum Gasteiger partial charge on any atom is 0.254 e. The highest BCUT2D eigenvalue weighted by atomic mass is 16.2. The Hall–Kier alpha value is -2.37. The number of piperidine rings is 1. The van der Waals surface area contributed by atoms with Crippen LogP contribution in [0.3, 0.4) is 0 Å². The minimum absolute atomic E-state index is 0.0846. The average Bonchev–Trinajstić information content (AvgIpc) is 3.11. The standard InChI is InChI=1S/C19H27N5O/c1-14(2)18-21-9-11-24(18)16-6-5-10-23(13-16)19(25)15-7-8-20-17(12-15)22(3)4/h7-9,11-12,14,16H,5-6,10,13H2,1-4H3/t16-/m1/s1. The zero-order chi connectivity index (χ0) is 18.0. The Labute approximate surface area is 149 Å². The summed E-state index contributed by atoms with van der Waals surface area (Å²) in [6, 6.07) is 3.96. The Bertz CT molecular complexity index is 737. The minimum atomic E-state index is 0.0846. The lowest BCUT2D eigenvalue weighted by atomic mass is 10.0. The van der Waals surface area contributed by atoms with Gasteiger partial charge in [0.05, 0.1) is 6.04 Å². The van der Waals surface area contributed by atoms with Gasteiger partial charge in [-0.05, 0) is 25.0 Å². The first-order valence-electron chi connectivity index (χ1n) is 8.92. The number of likely N-dealkylation sites (tertiary alicyclic amines) is 1. The number of anilines is 1. The maximum absolute atomic E-state index is 13.0. The highest BCUT2D eigenvalue weighted by Gasteiger charge is 2.27. The first-order valence-corrected chi connectivity index (χ1v) is 8.92. The van der Waals surface area contributed by atoms with E-state index in [1.165, 1.54) is 0 Å². The largest absolute Gasteiger partial charge is 0.363 e. The molecule has 1 saturated heterocycles. The van der Waals surface area contributed by atoms with Crippen molar-refractivity contribution in [2.45, 2.75) is 38.6 Å². The Balaban J connectivity index is 1.78. The van der Waals surface area contributed by atoms with Crippen molar-refractivity contribution in [3.8, 4) is 0 Å². The smallest absolute Gasteiger partial charge is 0.254 e.